The molecule has 9 aromatic rings. The summed E-state index contributed by atoms with van der Waals surface area (Å²) in [4.78, 5) is 5.36. The second kappa shape index (κ2) is 15.0. The van der Waals surface area contributed by atoms with Crippen LogP contribution in [0, 0.1) is 6.92 Å². The van der Waals surface area contributed by atoms with Crippen molar-refractivity contribution in [2.45, 2.75) is 104 Å². The topological polar surface area (TPSA) is 24.9 Å². The van der Waals surface area contributed by atoms with Gasteiger partial charge in [-0.3, -0.25) is 0 Å². The fourth-order valence-corrected chi connectivity index (χ4v) is 13.5. The molecule has 0 saturated heterocycles. The van der Waals surface area contributed by atoms with E-state index >= 15 is 0 Å². The van der Waals surface area contributed by atoms with E-state index < -0.39 is 0 Å². The number of aryl methyl sites for hydroxylation is 1. The maximum Gasteiger partial charge on any atom is 0.333 e. The first kappa shape index (κ1) is 44.2. The Labute approximate surface area is 431 Å². The minimum absolute atomic E-state index is 0.00102. The van der Waals surface area contributed by atoms with Crippen LogP contribution in [-0.4, -0.2) is 6.85 Å². The van der Waals surface area contributed by atoms with Gasteiger partial charge >= 0.3 is 6.85 Å². The maximum absolute atomic E-state index is 6.97. The van der Waals surface area contributed by atoms with Crippen LogP contribution in [0.3, 0.4) is 0 Å². The van der Waals surface area contributed by atoms with Gasteiger partial charge in [-0.05, 0) is 150 Å². The van der Waals surface area contributed by atoms with Gasteiger partial charge in [-0.2, -0.15) is 0 Å². The molecule has 14 rings (SSSR count). The van der Waals surface area contributed by atoms with Gasteiger partial charge in [0.25, 0.3) is 0 Å². The summed E-state index contributed by atoms with van der Waals surface area (Å²) in [7, 11) is 0. The van der Waals surface area contributed by atoms with Gasteiger partial charge in [0.2, 0.25) is 0 Å². The van der Waals surface area contributed by atoms with Crippen molar-refractivity contribution < 1.29 is 9.47 Å². The molecule has 5 heteroatoms. The summed E-state index contributed by atoms with van der Waals surface area (Å²) >= 11 is 0. The Hall–Kier alpha value is -7.50. The van der Waals surface area contributed by atoms with E-state index in [1.807, 2.05) is 24.3 Å². The Morgan fingerprint density at radius 2 is 1.15 bits per heavy atom. The molecule has 0 spiro atoms. The van der Waals surface area contributed by atoms with E-state index in [-0.39, 0.29) is 28.5 Å². The summed E-state index contributed by atoms with van der Waals surface area (Å²) in [6.07, 6.45) is 2.29. The van der Waals surface area contributed by atoms with Crippen LogP contribution in [-0.2, 0) is 21.7 Å². The summed E-state index contributed by atoms with van der Waals surface area (Å²) in [5.41, 5.74) is 23.8. The second-order valence-electron chi connectivity index (χ2n) is 24.4. The van der Waals surface area contributed by atoms with Crippen LogP contribution in [0.25, 0.3) is 44.2 Å². The first-order valence-corrected chi connectivity index (χ1v) is 26.4. The van der Waals surface area contributed by atoms with Gasteiger partial charge in [-0.25, -0.2) is 0 Å². The van der Waals surface area contributed by atoms with E-state index in [0.717, 1.165) is 41.2 Å². The smallest absolute Gasteiger partial charge is 0.333 e. The Morgan fingerprint density at radius 3 is 1.89 bits per heavy atom. The molecule has 0 fully saturated rings. The van der Waals surface area contributed by atoms with E-state index in [9.17, 15) is 0 Å². The van der Waals surface area contributed by atoms with Gasteiger partial charge in [0, 0.05) is 56.6 Å². The molecular weight excluding hydrogens is 888 g/mol. The zero-order chi connectivity index (χ0) is 50.1. The monoisotopic (exact) mass is 948 g/mol. The van der Waals surface area contributed by atoms with Gasteiger partial charge < -0.3 is 19.2 Å². The molecule has 0 unspecified atom stereocenters. The summed E-state index contributed by atoms with van der Waals surface area (Å²) in [5.74, 6) is 2.87. The number of para-hydroxylation sites is 2. The molecule has 3 heterocycles. The second-order valence-corrected chi connectivity index (χ2v) is 24.4. The number of benzene rings is 9. The molecule has 0 aromatic heterocycles. The molecule has 2 aliphatic carbocycles. The lowest BCUT2D eigenvalue weighted by atomic mass is 9.42. The van der Waals surface area contributed by atoms with Crippen molar-refractivity contribution in [1.29, 1.82) is 0 Å². The number of fused-ring (bicyclic) bond motifs is 13. The van der Waals surface area contributed by atoms with E-state index in [0.29, 0.717) is 5.75 Å². The highest BCUT2D eigenvalue weighted by Gasteiger charge is 2.51. The van der Waals surface area contributed by atoms with Crippen LogP contribution in [0.2, 0.25) is 0 Å². The van der Waals surface area contributed by atoms with Crippen molar-refractivity contribution in [2.75, 3.05) is 9.71 Å². The Balaban J connectivity index is 1.17. The molecular formula is C68H61BN2O2. The van der Waals surface area contributed by atoms with Crippen LogP contribution in [0.5, 0.6) is 23.0 Å². The van der Waals surface area contributed by atoms with Gasteiger partial charge in [0.05, 0.1) is 0 Å². The normalized spacial score (nSPS) is 16.7. The third kappa shape index (κ3) is 6.27. The third-order valence-corrected chi connectivity index (χ3v) is 17.6. The van der Waals surface area contributed by atoms with Crippen LogP contribution in [0.1, 0.15) is 109 Å². The Bertz CT molecular complexity index is 3860. The fraction of sp³-hybridized carbons (Fsp3) is 0.235. The molecule has 5 aliphatic rings. The molecule has 9 aromatic carbocycles. The fourth-order valence-electron chi connectivity index (χ4n) is 13.5. The number of rotatable bonds is 3. The highest BCUT2D eigenvalue weighted by molar-refractivity contribution is 6.94. The number of hydrogen-bond donors (Lipinski definition) is 0. The van der Waals surface area contributed by atoms with Crippen molar-refractivity contribution in [3.63, 3.8) is 0 Å². The van der Waals surface area contributed by atoms with Crippen molar-refractivity contribution in [3.05, 3.63) is 197 Å². The van der Waals surface area contributed by atoms with Crippen molar-refractivity contribution in [1.82, 2.24) is 0 Å². The van der Waals surface area contributed by atoms with Gasteiger partial charge in [-0.15, -0.1) is 0 Å². The van der Waals surface area contributed by atoms with E-state index in [4.69, 9.17) is 9.47 Å². The molecule has 73 heavy (non-hydrogen) atoms. The summed E-state index contributed by atoms with van der Waals surface area (Å²) < 4.78 is 13.9. The van der Waals surface area contributed by atoms with Crippen LogP contribution >= 0.6 is 0 Å². The summed E-state index contributed by atoms with van der Waals surface area (Å²) in [6, 6.07) is 61.8. The molecule has 0 atom stereocenters. The Kier molecular flexibility index (Phi) is 9.11. The molecule has 0 N–H and O–H groups in total. The quantitative estimate of drug-likeness (QED) is 0.165. The molecule has 0 amide bonds. The standard InChI is InChI=1S/C68H61BN2O2/c1-40-34-50-51(67(7,8)33-32-66(50,5)6)37-54(40)70-55-39-60-59(72-57-26-18-19-27-58(57)73-60)38-52(55)69-63-56(70)35-42-22-14-15-23-44(42)61(63)46-29-30-49-62(45-24-16-17-25-48(45)68(49,9)10)64(46)71(69)53-31-28-43(65(2,3)4)36-47(53)41-20-12-11-13-21-41/h11-31,34-39H,32-33H2,1-10H3. The van der Waals surface area contributed by atoms with Gasteiger partial charge in [0.1, 0.15) is 0 Å². The molecule has 0 saturated carbocycles. The van der Waals surface area contributed by atoms with E-state index in [1.165, 1.54) is 106 Å². The van der Waals surface area contributed by atoms with Gasteiger partial charge in [-0.1, -0.05) is 178 Å². The lowest BCUT2D eigenvalue weighted by Crippen LogP contribution is -2.62. The average Bonchev–Trinajstić information content (AvgIpc) is 3.62. The van der Waals surface area contributed by atoms with Gasteiger partial charge in [0.15, 0.2) is 23.0 Å². The lowest BCUT2D eigenvalue weighted by Gasteiger charge is -2.48. The van der Waals surface area contributed by atoms with Crippen LogP contribution in [0.4, 0.5) is 28.4 Å². The lowest BCUT2D eigenvalue weighted by molar-refractivity contribution is 0.332. The molecule has 0 bridgehead atoms. The van der Waals surface area contributed by atoms with E-state index in [1.54, 1.807) is 0 Å². The summed E-state index contributed by atoms with van der Waals surface area (Å²) in [5, 5.41) is 2.47. The highest BCUT2D eigenvalue weighted by atomic mass is 16.6. The highest BCUT2D eigenvalue weighted by Crippen LogP contribution is 2.61. The zero-order valence-corrected chi connectivity index (χ0v) is 43.8. The molecule has 0 radical (unpaired) electrons. The van der Waals surface area contributed by atoms with Crippen molar-refractivity contribution >= 4 is 57.0 Å². The predicted molar refractivity (Wildman–Crippen MR) is 306 cm³/mol. The summed E-state index contributed by atoms with van der Waals surface area (Å²) in [6.45, 7) is 23.6. The first-order chi connectivity index (χ1) is 35.0. The third-order valence-electron chi connectivity index (χ3n) is 17.6. The number of hydrogen-bond acceptors (Lipinski definition) is 4. The SMILES string of the molecule is Cc1cc2c(cc1N1c3cc4c(cc3B3c5c1cc1ccccc1c5-c1ccc5c(c1N3c1ccc(C(C)(C)C)cc1-c1ccccc1)-c1ccccc1C5(C)C)Oc1ccccc1O4)C(C)(C)CCC2(C)C. The van der Waals surface area contributed by atoms with Crippen molar-refractivity contribution in [2.24, 2.45) is 0 Å². The predicted octanol–water partition coefficient (Wildman–Crippen LogP) is 17.4. The molecule has 3 aliphatic heterocycles. The minimum atomic E-state index is -0.293. The zero-order valence-electron chi connectivity index (χ0n) is 43.8. The molecule has 358 valence electrons. The largest absolute Gasteiger partial charge is 0.450 e. The number of ether oxygens (including phenoxy) is 2. The Morgan fingerprint density at radius 1 is 0.493 bits per heavy atom. The molecule has 4 nitrogen and oxygen atoms in total. The average molecular weight is 949 g/mol. The van der Waals surface area contributed by atoms with Crippen LogP contribution in [0.15, 0.2) is 164 Å². The maximum atomic E-state index is 6.97. The van der Waals surface area contributed by atoms with Crippen molar-refractivity contribution in [3.8, 4) is 56.4 Å². The van der Waals surface area contributed by atoms with Crippen LogP contribution < -0.4 is 30.1 Å². The number of anilines is 5. The minimum Gasteiger partial charge on any atom is -0.450 e. The first-order valence-electron chi connectivity index (χ1n) is 26.4. The van der Waals surface area contributed by atoms with E-state index in [2.05, 4.69) is 218 Å². The number of nitrogens with zero attached hydrogens (tertiary/aromatic N) is 2.